The molecular weight excluding hydrogens is 328 g/mol. The molecule has 2 rings (SSSR count). The second-order valence-corrected chi connectivity index (χ2v) is 7.46. The fraction of sp³-hybridized carbons (Fsp3) is 0.500. The van der Waals surface area contributed by atoms with E-state index in [1.807, 2.05) is 0 Å². The summed E-state index contributed by atoms with van der Waals surface area (Å²) in [4.78, 5) is 10.9. The lowest BCUT2D eigenvalue weighted by molar-refractivity contribution is 0.0702. The number of carbonyl (C=O) groups is 1. The van der Waals surface area contributed by atoms with Gasteiger partial charge in [0, 0.05) is 19.6 Å². The van der Waals surface area contributed by atoms with Crippen molar-refractivity contribution < 1.29 is 23.1 Å². The highest BCUT2D eigenvalue weighted by Crippen LogP contribution is 2.27. The Morgan fingerprint density at radius 3 is 2.70 bits per heavy atom. The molecule has 1 fully saturated rings. The Kier molecular flexibility index (Phi) is 4.99. The Morgan fingerprint density at radius 1 is 1.50 bits per heavy atom. The zero-order chi connectivity index (χ0) is 14.8. The van der Waals surface area contributed by atoms with Crippen LogP contribution in [0.3, 0.4) is 0 Å². The number of carboxylic acids is 1. The highest BCUT2D eigenvalue weighted by molar-refractivity contribution is 7.87. The molecule has 1 aliphatic rings. The van der Waals surface area contributed by atoms with Gasteiger partial charge in [-0.2, -0.15) is 17.4 Å². The lowest BCUT2D eigenvalue weighted by Gasteiger charge is -2.26. The van der Waals surface area contributed by atoms with Crippen molar-refractivity contribution in [3.8, 4) is 0 Å². The summed E-state index contributed by atoms with van der Waals surface area (Å²) >= 11 is 6.80. The second kappa shape index (κ2) is 6.37. The minimum Gasteiger partial charge on any atom is -0.477 e. The molecule has 1 saturated heterocycles. The van der Waals surface area contributed by atoms with Crippen LogP contribution in [0.25, 0.3) is 0 Å². The molecule has 0 radical (unpaired) electrons. The van der Waals surface area contributed by atoms with Crippen molar-refractivity contribution in [2.24, 2.45) is 0 Å². The van der Waals surface area contributed by atoms with Crippen LogP contribution in [0.4, 0.5) is 0 Å². The van der Waals surface area contributed by atoms with Crippen molar-refractivity contribution in [2.75, 3.05) is 26.3 Å². The molecule has 20 heavy (non-hydrogen) atoms. The fourth-order valence-corrected chi connectivity index (χ4v) is 3.94. The molecule has 0 aromatic carbocycles. The standard InChI is InChI=1S/C10H13ClN2O5S2/c11-9-7(5-8(19-9)10(14)15)6-12-20(16,17)13-1-3-18-4-2-13/h5,12H,1-4,6H2,(H,14,15). The quantitative estimate of drug-likeness (QED) is 0.825. The van der Waals surface area contributed by atoms with Gasteiger partial charge < -0.3 is 9.84 Å². The average Bonchev–Trinajstić information content (AvgIpc) is 2.79. The van der Waals surface area contributed by atoms with Gasteiger partial charge in [0.05, 0.1) is 17.6 Å². The van der Waals surface area contributed by atoms with E-state index in [0.717, 1.165) is 11.3 Å². The normalized spacial score (nSPS) is 17.2. The van der Waals surface area contributed by atoms with Crippen LogP contribution >= 0.6 is 22.9 Å². The summed E-state index contributed by atoms with van der Waals surface area (Å²) in [6.45, 7) is 1.29. The molecule has 7 nitrogen and oxygen atoms in total. The van der Waals surface area contributed by atoms with Crippen LogP contribution in [0.15, 0.2) is 6.07 Å². The molecule has 0 bridgehead atoms. The summed E-state index contributed by atoms with van der Waals surface area (Å²) in [7, 11) is -3.61. The molecule has 0 saturated carbocycles. The summed E-state index contributed by atoms with van der Waals surface area (Å²) in [5.74, 6) is -1.08. The highest BCUT2D eigenvalue weighted by atomic mass is 35.5. The maximum atomic E-state index is 12.0. The topological polar surface area (TPSA) is 95.9 Å². The number of hydrogen-bond acceptors (Lipinski definition) is 5. The number of thiophene rings is 1. The van der Waals surface area contributed by atoms with E-state index in [1.165, 1.54) is 10.4 Å². The van der Waals surface area contributed by atoms with Crippen LogP contribution in [0.1, 0.15) is 15.2 Å². The number of carboxylic acid groups (broad SMARTS) is 1. The zero-order valence-electron chi connectivity index (χ0n) is 10.3. The summed E-state index contributed by atoms with van der Waals surface area (Å²) in [5, 5.41) is 8.85. The molecule has 1 aliphatic heterocycles. The highest BCUT2D eigenvalue weighted by Gasteiger charge is 2.24. The van der Waals surface area contributed by atoms with E-state index in [9.17, 15) is 13.2 Å². The predicted octanol–water partition coefficient (Wildman–Crippen LogP) is 0.766. The van der Waals surface area contributed by atoms with Crippen LogP contribution in [0, 0.1) is 0 Å². The third kappa shape index (κ3) is 3.68. The predicted molar refractivity (Wildman–Crippen MR) is 74.4 cm³/mol. The van der Waals surface area contributed by atoms with Gasteiger partial charge in [0.1, 0.15) is 4.88 Å². The molecule has 1 aromatic rings. The number of rotatable bonds is 5. The number of aromatic carboxylic acids is 1. The Labute approximate surface area is 125 Å². The van der Waals surface area contributed by atoms with Crippen molar-refractivity contribution >= 4 is 39.1 Å². The average molecular weight is 341 g/mol. The largest absolute Gasteiger partial charge is 0.477 e. The number of nitrogens with zero attached hydrogens (tertiary/aromatic N) is 1. The van der Waals surface area contributed by atoms with E-state index in [2.05, 4.69) is 4.72 Å². The molecule has 0 amide bonds. The van der Waals surface area contributed by atoms with Gasteiger partial charge in [0.2, 0.25) is 0 Å². The first kappa shape index (κ1) is 15.7. The van der Waals surface area contributed by atoms with Crippen molar-refractivity contribution in [3.05, 3.63) is 20.8 Å². The van der Waals surface area contributed by atoms with Crippen molar-refractivity contribution in [2.45, 2.75) is 6.54 Å². The van der Waals surface area contributed by atoms with E-state index in [0.29, 0.717) is 31.9 Å². The van der Waals surface area contributed by atoms with Gasteiger partial charge in [-0.1, -0.05) is 11.6 Å². The van der Waals surface area contributed by atoms with Gasteiger partial charge in [-0.3, -0.25) is 0 Å². The Hall–Kier alpha value is -0.710. The molecule has 0 unspecified atom stereocenters. The molecule has 2 N–H and O–H groups in total. The van der Waals surface area contributed by atoms with Gasteiger partial charge in [-0.15, -0.1) is 11.3 Å². The number of hydrogen-bond donors (Lipinski definition) is 2. The molecule has 1 aromatic heterocycles. The van der Waals surface area contributed by atoms with Crippen molar-refractivity contribution in [3.63, 3.8) is 0 Å². The monoisotopic (exact) mass is 340 g/mol. The Morgan fingerprint density at radius 2 is 2.15 bits per heavy atom. The Balaban J connectivity index is 2.02. The first-order valence-electron chi connectivity index (χ1n) is 5.74. The maximum absolute atomic E-state index is 12.0. The summed E-state index contributed by atoms with van der Waals surface area (Å²) in [6.07, 6.45) is 0. The minimum absolute atomic E-state index is 0.0394. The van der Waals surface area contributed by atoms with Gasteiger partial charge in [-0.25, -0.2) is 4.79 Å². The van der Waals surface area contributed by atoms with Crippen LogP contribution in [-0.2, 0) is 21.5 Å². The molecule has 0 spiro atoms. The lowest BCUT2D eigenvalue weighted by atomic mass is 10.3. The Bertz CT molecular complexity index is 595. The van der Waals surface area contributed by atoms with Gasteiger partial charge in [0.15, 0.2) is 0 Å². The first-order chi connectivity index (χ1) is 9.40. The molecule has 0 atom stereocenters. The molecule has 10 heteroatoms. The van der Waals surface area contributed by atoms with Crippen LogP contribution < -0.4 is 4.72 Å². The number of ether oxygens (including phenoxy) is 1. The summed E-state index contributed by atoms with van der Waals surface area (Å²) < 4.78 is 33.1. The van der Waals surface area contributed by atoms with E-state index in [4.69, 9.17) is 21.4 Å². The van der Waals surface area contributed by atoms with Crippen molar-refractivity contribution in [1.29, 1.82) is 0 Å². The van der Waals surface area contributed by atoms with Crippen molar-refractivity contribution in [1.82, 2.24) is 9.03 Å². The van der Waals surface area contributed by atoms with E-state index >= 15 is 0 Å². The van der Waals surface area contributed by atoms with Crippen LogP contribution in [0.2, 0.25) is 4.34 Å². The van der Waals surface area contributed by atoms with E-state index < -0.39 is 16.2 Å². The van der Waals surface area contributed by atoms with E-state index in [-0.39, 0.29) is 15.8 Å². The summed E-state index contributed by atoms with van der Waals surface area (Å²) in [5.41, 5.74) is 0.450. The fourth-order valence-electron chi connectivity index (χ4n) is 1.68. The van der Waals surface area contributed by atoms with Crippen LogP contribution in [0.5, 0.6) is 0 Å². The lowest BCUT2D eigenvalue weighted by Crippen LogP contribution is -2.46. The molecule has 0 aliphatic carbocycles. The number of halogens is 1. The van der Waals surface area contributed by atoms with Gasteiger partial charge in [0.25, 0.3) is 10.2 Å². The smallest absolute Gasteiger partial charge is 0.345 e. The second-order valence-electron chi connectivity index (χ2n) is 4.05. The maximum Gasteiger partial charge on any atom is 0.345 e. The van der Waals surface area contributed by atoms with Gasteiger partial charge in [-0.05, 0) is 11.6 Å². The third-order valence-electron chi connectivity index (χ3n) is 2.72. The number of morpholine rings is 1. The minimum atomic E-state index is -3.61. The molecular formula is C10H13ClN2O5S2. The summed E-state index contributed by atoms with van der Waals surface area (Å²) in [6, 6.07) is 1.37. The molecule has 2 heterocycles. The molecule has 112 valence electrons. The van der Waals surface area contributed by atoms with E-state index in [1.54, 1.807) is 0 Å². The SMILES string of the molecule is O=C(O)c1cc(CNS(=O)(=O)N2CCOCC2)c(Cl)s1. The zero-order valence-corrected chi connectivity index (χ0v) is 12.7. The third-order valence-corrected chi connectivity index (χ3v) is 5.71. The first-order valence-corrected chi connectivity index (χ1v) is 8.37. The van der Waals surface area contributed by atoms with Crippen LogP contribution in [-0.4, -0.2) is 50.1 Å². The number of nitrogens with one attached hydrogen (secondary N) is 1. The van der Waals surface area contributed by atoms with Gasteiger partial charge >= 0.3 is 5.97 Å².